The van der Waals surface area contributed by atoms with Gasteiger partial charge in [0.1, 0.15) is 6.33 Å². The van der Waals surface area contributed by atoms with Gasteiger partial charge in [0.15, 0.2) is 0 Å². The molecule has 0 aliphatic carbocycles. The minimum Gasteiger partial charge on any atom is -0.481 e. The largest absolute Gasteiger partial charge is 0.481 e. The molecule has 5 nitrogen and oxygen atoms in total. The first-order valence-corrected chi connectivity index (χ1v) is 6.43. The zero-order valence-corrected chi connectivity index (χ0v) is 11.1. The first-order valence-electron chi connectivity index (χ1n) is 6.43. The third-order valence-corrected chi connectivity index (χ3v) is 3.47. The number of hydrogen-bond acceptors (Lipinski definition) is 5. The predicted octanol–water partition coefficient (Wildman–Crippen LogP) is 1.04. The van der Waals surface area contributed by atoms with Gasteiger partial charge in [-0.15, -0.1) is 0 Å². The summed E-state index contributed by atoms with van der Waals surface area (Å²) in [6.45, 7) is 1.74. The van der Waals surface area contributed by atoms with Gasteiger partial charge in [-0.2, -0.15) is 0 Å². The summed E-state index contributed by atoms with van der Waals surface area (Å²) in [4.78, 5) is 8.32. The Morgan fingerprint density at radius 3 is 3.11 bits per heavy atom. The summed E-state index contributed by atoms with van der Waals surface area (Å²) in [6.07, 6.45) is 4.80. The van der Waals surface area contributed by atoms with Crippen molar-refractivity contribution in [2.45, 2.75) is 25.3 Å². The van der Waals surface area contributed by atoms with Crippen LogP contribution in [0.4, 0.5) is 0 Å². The quantitative estimate of drug-likeness (QED) is 0.847. The fourth-order valence-corrected chi connectivity index (χ4v) is 2.41. The molecular weight excluding hydrogens is 230 g/mol. The van der Waals surface area contributed by atoms with Gasteiger partial charge in [0, 0.05) is 30.8 Å². The molecule has 0 radical (unpaired) electrons. The molecule has 0 aromatic carbocycles. The lowest BCUT2D eigenvalue weighted by molar-refractivity contribution is 0.0403. The standard InChI is InChI=1S/C13H21N3O2/c1-14-12(10-4-3-5-18-8-10)6-11-7-13(17-2)16-9-15-11/h7,9-10,12,14H,3-6,8H2,1-2H3. The van der Waals surface area contributed by atoms with Crippen LogP contribution < -0.4 is 10.1 Å². The SMILES string of the molecule is CNC(Cc1cc(OC)ncn1)C1CCCOC1. The van der Waals surface area contributed by atoms with E-state index in [1.165, 1.54) is 6.42 Å². The summed E-state index contributed by atoms with van der Waals surface area (Å²) in [5.41, 5.74) is 1.01. The molecule has 1 N–H and O–H groups in total. The third-order valence-electron chi connectivity index (χ3n) is 3.47. The van der Waals surface area contributed by atoms with Crippen molar-refractivity contribution in [3.63, 3.8) is 0 Å². The van der Waals surface area contributed by atoms with Gasteiger partial charge in [0.25, 0.3) is 0 Å². The summed E-state index contributed by atoms with van der Waals surface area (Å²) in [5.74, 6) is 1.18. The van der Waals surface area contributed by atoms with E-state index >= 15 is 0 Å². The van der Waals surface area contributed by atoms with Crippen molar-refractivity contribution < 1.29 is 9.47 Å². The van der Waals surface area contributed by atoms with E-state index in [4.69, 9.17) is 9.47 Å². The van der Waals surface area contributed by atoms with Crippen LogP contribution in [-0.4, -0.2) is 43.4 Å². The molecular formula is C13H21N3O2. The lowest BCUT2D eigenvalue weighted by Crippen LogP contribution is -2.40. The van der Waals surface area contributed by atoms with Crippen LogP contribution >= 0.6 is 0 Å². The van der Waals surface area contributed by atoms with Crippen LogP contribution in [0, 0.1) is 5.92 Å². The highest BCUT2D eigenvalue weighted by molar-refractivity contribution is 5.14. The normalized spacial score (nSPS) is 21.6. The van der Waals surface area contributed by atoms with Crippen LogP contribution in [0.3, 0.4) is 0 Å². The molecule has 0 amide bonds. The fourth-order valence-electron chi connectivity index (χ4n) is 2.41. The summed E-state index contributed by atoms with van der Waals surface area (Å²) >= 11 is 0. The molecule has 2 unspecified atom stereocenters. The summed E-state index contributed by atoms with van der Waals surface area (Å²) < 4.78 is 10.7. The van der Waals surface area contributed by atoms with Gasteiger partial charge in [0.05, 0.1) is 13.7 Å². The molecule has 5 heteroatoms. The molecule has 0 spiro atoms. The zero-order valence-electron chi connectivity index (χ0n) is 11.1. The Hall–Kier alpha value is -1.20. The van der Waals surface area contributed by atoms with E-state index in [2.05, 4.69) is 15.3 Å². The summed E-state index contributed by atoms with van der Waals surface area (Å²) in [6, 6.07) is 2.29. The number of methoxy groups -OCH3 is 1. The van der Waals surface area contributed by atoms with E-state index in [-0.39, 0.29) is 0 Å². The van der Waals surface area contributed by atoms with Crippen molar-refractivity contribution in [1.29, 1.82) is 0 Å². The Kier molecular flexibility index (Phi) is 4.90. The number of ether oxygens (including phenoxy) is 2. The van der Waals surface area contributed by atoms with Crippen LogP contribution in [0.15, 0.2) is 12.4 Å². The van der Waals surface area contributed by atoms with Crippen molar-refractivity contribution in [1.82, 2.24) is 15.3 Å². The minimum atomic E-state index is 0.393. The lowest BCUT2D eigenvalue weighted by atomic mass is 9.90. The molecule has 0 saturated carbocycles. The summed E-state index contributed by atoms with van der Waals surface area (Å²) in [5, 5.41) is 3.38. The van der Waals surface area contributed by atoms with Gasteiger partial charge >= 0.3 is 0 Å². The maximum Gasteiger partial charge on any atom is 0.216 e. The van der Waals surface area contributed by atoms with Gasteiger partial charge in [-0.1, -0.05) is 0 Å². The number of nitrogens with zero attached hydrogens (tertiary/aromatic N) is 2. The van der Waals surface area contributed by atoms with Crippen molar-refractivity contribution >= 4 is 0 Å². The van der Waals surface area contributed by atoms with E-state index in [1.807, 2.05) is 13.1 Å². The molecule has 1 saturated heterocycles. The maximum absolute atomic E-state index is 5.55. The smallest absolute Gasteiger partial charge is 0.216 e. The van der Waals surface area contributed by atoms with Crippen molar-refractivity contribution in [3.8, 4) is 5.88 Å². The van der Waals surface area contributed by atoms with E-state index in [0.717, 1.165) is 31.7 Å². The van der Waals surface area contributed by atoms with Gasteiger partial charge in [0.2, 0.25) is 5.88 Å². The Morgan fingerprint density at radius 2 is 2.44 bits per heavy atom. The highest BCUT2D eigenvalue weighted by Crippen LogP contribution is 2.20. The monoisotopic (exact) mass is 251 g/mol. The number of nitrogens with one attached hydrogen (secondary N) is 1. The van der Waals surface area contributed by atoms with Crippen LogP contribution in [0.2, 0.25) is 0 Å². The molecule has 1 aromatic heterocycles. The van der Waals surface area contributed by atoms with Crippen molar-refractivity contribution in [3.05, 3.63) is 18.1 Å². The molecule has 0 bridgehead atoms. The van der Waals surface area contributed by atoms with Crippen LogP contribution in [0.1, 0.15) is 18.5 Å². The Bertz CT molecular complexity index is 367. The number of hydrogen-bond donors (Lipinski definition) is 1. The van der Waals surface area contributed by atoms with Crippen LogP contribution in [0.5, 0.6) is 5.88 Å². The van der Waals surface area contributed by atoms with Crippen molar-refractivity contribution in [2.24, 2.45) is 5.92 Å². The lowest BCUT2D eigenvalue weighted by Gasteiger charge is -2.29. The average molecular weight is 251 g/mol. The van der Waals surface area contributed by atoms with E-state index in [0.29, 0.717) is 17.8 Å². The number of likely N-dealkylation sites (N-methyl/N-ethyl adjacent to an activating group) is 1. The second-order valence-corrected chi connectivity index (χ2v) is 4.63. The van der Waals surface area contributed by atoms with Crippen LogP contribution in [0.25, 0.3) is 0 Å². The molecule has 2 heterocycles. The summed E-state index contributed by atoms with van der Waals surface area (Å²) in [7, 11) is 3.62. The third kappa shape index (κ3) is 3.40. The molecule has 1 fully saturated rings. The first-order chi connectivity index (χ1) is 8.83. The van der Waals surface area contributed by atoms with Gasteiger partial charge < -0.3 is 14.8 Å². The Balaban J connectivity index is 1.99. The molecule has 1 aliphatic rings. The van der Waals surface area contributed by atoms with Crippen LogP contribution in [-0.2, 0) is 11.2 Å². The topological polar surface area (TPSA) is 56.3 Å². The highest BCUT2D eigenvalue weighted by atomic mass is 16.5. The number of aromatic nitrogens is 2. The van der Waals surface area contributed by atoms with E-state index in [1.54, 1.807) is 13.4 Å². The molecule has 2 atom stereocenters. The average Bonchev–Trinajstić information content (AvgIpc) is 2.46. The van der Waals surface area contributed by atoms with Gasteiger partial charge in [-0.25, -0.2) is 9.97 Å². The zero-order chi connectivity index (χ0) is 12.8. The maximum atomic E-state index is 5.55. The second-order valence-electron chi connectivity index (χ2n) is 4.63. The van der Waals surface area contributed by atoms with Crippen molar-refractivity contribution in [2.75, 3.05) is 27.4 Å². The molecule has 100 valence electrons. The van der Waals surface area contributed by atoms with Gasteiger partial charge in [-0.05, 0) is 25.8 Å². The van der Waals surface area contributed by atoms with Gasteiger partial charge in [-0.3, -0.25) is 0 Å². The molecule has 18 heavy (non-hydrogen) atoms. The van der Waals surface area contributed by atoms with E-state index < -0.39 is 0 Å². The second kappa shape index (κ2) is 6.66. The fraction of sp³-hybridized carbons (Fsp3) is 0.692. The molecule has 1 aromatic rings. The van der Waals surface area contributed by atoms with E-state index in [9.17, 15) is 0 Å². The Morgan fingerprint density at radius 1 is 1.56 bits per heavy atom. The molecule has 1 aliphatic heterocycles. The predicted molar refractivity (Wildman–Crippen MR) is 68.7 cm³/mol. The molecule has 2 rings (SSSR count). The Labute approximate surface area is 108 Å². The number of rotatable bonds is 5. The first kappa shape index (κ1) is 13.2. The highest BCUT2D eigenvalue weighted by Gasteiger charge is 2.23. The minimum absolute atomic E-state index is 0.393.